The second-order valence-corrected chi connectivity index (χ2v) is 2.42. The summed E-state index contributed by atoms with van der Waals surface area (Å²) in [6.45, 7) is 2.06. The molecular weight excluding hydrogens is 153 g/mol. The van der Waals surface area contributed by atoms with Gasteiger partial charge in [-0.25, -0.2) is 0 Å². The first-order chi connectivity index (χ1) is 4.68. The van der Waals surface area contributed by atoms with Crippen LogP contribution in [-0.2, 0) is 4.79 Å². The first-order valence-electron chi connectivity index (χ1n) is 3.65. The molecule has 0 heterocycles. The molecular formula is C7H14NNaO2. The van der Waals surface area contributed by atoms with E-state index in [9.17, 15) is 9.90 Å². The Balaban J connectivity index is 0. The fourth-order valence-electron chi connectivity index (χ4n) is 0.732. The number of carbonyl (C=O) groups is 1. The normalized spacial score (nSPS) is 11.8. The molecule has 0 rings (SSSR count). The number of unbranched alkanes of at least 4 members (excludes halogenated alkanes) is 2. The standard InChI is InChI=1S/C7H15NO2.Na/c1-2-3-4-5-6(8)7(9)10;/h6H,2-5,8H2,1H3,(H,9,10);/q;+1/p-1. The first kappa shape index (κ1) is 14.0. The Morgan fingerprint density at radius 1 is 1.55 bits per heavy atom. The summed E-state index contributed by atoms with van der Waals surface area (Å²) < 4.78 is 0. The Kier molecular flexibility index (Phi) is 10.8. The van der Waals surface area contributed by atoms with Crippen molar-refractivity contribution in [2.45, 2.75) is 38.6 Å². The van der Waals surface area contributed by atoms with Gasteiger partial charge in [0.1, 0.15) is 0 Å². The molecule has 1 atom stereocenters. The van der Waals surface area contributed by atoms with Gasteiger partial charge in [-0.1, -0.05) is 26.2 Å². The third-order valence-electron chi connectivity index (χ3n) is 1.42. The number of aliphatic carboxylic acids is 1. The molecule has 0 spiro atoms. The minimum Gasteiger partial charge on any atom is -0.548 e. The minimum absolute atomic E-state index is 0. The topological polar surface area (TPSA) is 66.2 Å². The SMILES string of the molecule is CCCCCC(N)C(=O)[O-].[Na+]. The molecule has 0 bridgehead atoms. The second kappa shape index (κ2) is 8.53. The summed E-state index contributed by atoms with van der Waals surface area (Å²) in [7, 11) is 0. The molecule has 0 aromatic rings. The summed E-state index contributed by atoms with van der Waals surface area (Å²) in [6, 6.07) is -0.772. The third kappa shape index (κ3) is 8.34. The van der Waals surface area contributed by atoms with Crippen LogP contribution in [0.15, 0.2) is 0 Å². The second-order valence-electron chi connectivity index (χ2n) is 2.42. The Bertz CT molecular complexity index is 109. The van der Waals surface area contributed by atoms with E-state index in [0.29, 0.717) is 6.42 Å². The molecule has 0 aliphatic rings. The third-order valence-corrected chi connectivity index (χ3v) is 1.42. The molecule has 0 amide bonds. The fourth-order valence-corrected chi connectivity index (χ4v) is 0.732. The van der Waals surface area contributed by atoms with Crippen molar-refractivity contribution < 1.29 is 39.5 Å². The van der Waals surface area contributed by atoms with Gasteiger partial charge in [0.05, 0.1) is 5.97 Å². The summed E-state index contributed by atoms with van der Waals surface area (Å²) in [5.41, 5.74) is 5.20. The van der Waals surface area contributed by atoms with Crippen molar-refractivity contribution in [2.75, 3.05) is 0 Å². The van der Waals surface area contributed by atoms with Gasteiger partial charge >= 0.3 is 29.6 Å². The molecule has 2 N–H and O–H groups in total. The van der Waals surface area contributed by atoms with Crippen LogP contribution in [0.1, 0.15) is 32.6 Å². The van der Waals surface area contributed by atoms with Gasteiger partial charge in [-0.05, 0) is 6.42 Å². The predicted molar refractivity (Wildman–Crippen MR) is 37.1 cm³/mol. The minimum atomic E-state index is -1.14. The summed E-state index contributed by atoms with van der Waals surface area (Å²) in [5, 5.41) is 10.1. The van der Waals surface area contributed by atoms with Gasteiger partial charge in [-0.3, -0.25) is 0 Å². The van der Waals surface area contributed by atoms with Crippen LogP contribution in [0.25, 0.3) is 0 Å². The molecule has 0 fully saturated rings. The van der Waals surface area contributed by atoms with Crippen LogP contribution >= 0.6 is 0 Å². The number of hydrogen-bond acceptors (Lipinski definition) is 3. The van der Waals surface area contributed by atoms with E-state index in [1.54, 1.807) is 0 Å². The molecule has 1 unspecified atom stereocenters. The van der Waals surface area contributed by atoms with Crippen LogP contribution in [0.3, 0.4) is 0 Å². The average Bonchev–Trinajstić information content (AvgIpc) is 1.88. The fraction of sp³-hybridized carbons (Fsp3) is 0.857. The maximum absolute atomic E-state index is 10.1. The van der Waals surface area contributed by atoms with E-state index in [2.05, 4.69) is 6.92 Å². The largest absolute Gasteiger partial charge is 1.00 e. The molecule has 0 radical (unpaired) electrons. The van der Waals surface area contributed by atoms with E-state index in [0.717, 1.165) is 19.3 Å². The van der Waals surface area contributed by atoms with Gasteiger partial charge < -0.3 is 15.6 Å². The maximum atomic E-state index is 10.1. The van der Waals surface area contributed by atoms with Crippen molar-refractivity contribution in [3.05, 3.63) is 0 Å². The van der Waals surface area contributed by atoms with E-state index >= 15 is 0 Å². The van der Waals surface area contributed by atoms with Gasteiger partial charge in [-0.2, -0.15) is 0 Å². The zero-order chi connectivity index (χ0) is 7.98. The van der Waals surface area contributed by atoms with Gasteiger partial charge in [-0.15, -0.1) is 0 Å². The number of carbonyl (C=O) groups excluding carboxylic acids is 1. The predicted octanol–water partition coefficient (Wildman–Crippen LogP) is -3.35. The van der Waals surface area contributed by atoms with E-state index in [1.807, 2.05) is 0 Å². The number of nitrogens with two attached hydrogens (primary N) is 1. The van der Waals surface area contributed by atoms with Crippen molar-refractivity contribution in [1.29, 1.82) is 0 Å². The smallest absolute Gasteiger partial charge is 0.548 e. The summed E-state index contributed by atoms with van der Waals surface area (Å²) in [6.07, 6.45) is 3.54. The number of hydrogen-bond donors (Lipinski definition) is 1. The first-order valence-corrected chi connectivity index (χ1v) is 3.65. The molecule has 0 aromatic heterocycles. The summed E-state index contributed by atoms with van der Waals surface area (Å²) >= 11 is 0. The Labute approximate surface area is 89.6 Å². The van der Waals surface area contributed by atoms with Crippen LogP contribution in [-0.4, -0.2) is 12.0 Å². The summed E-state index contributed by atoms with van der Waals surface area (Å²) in [5.74, 6) is -1.14. The quantitative estimate of drug-likeness (QED) is 0.343. The van der Waals surface area contributed by atoms with Crippen molar-refractivity contribution >= 4 is 5.97 Å². The Hall–Kier alpha value is 0.430. The number of carboxylic acids is 1. The summed E-state index contributed by atoms with van der Waals surface area (Å²) in [4.78, 5) is 10.1. The molecule has 3 nitrogen and oxygen atoms in total. The van der Waals surface area contributed by atoms with Gasteiger partial charge in [0.15, 0.2) is 0 Å². The van der Waals surface area contributed by atoms with Crippen molar-refractivity contribution in [1.82, 2.24) is 0 Å². The van der Waals surface area contributed by atoms with E-state index in [-0.39, 0.29) is 29.6 Å². The number of carboxylic acid groups (broad SMARTS) is 1. The Morgan fingerprint density at radius 3 is 2.45 bits per heavy atom. The molecule has 0 aromatic carbocycles. The zero-order valence-corrected chi connectivity index (χ0v) is 9.30. The van der Waals surface area contributed by atoms with Crippen LogP contribution in [0.5, 0.6) is 0 Å². The molecule has 4 heteroatoms. The van der Waals surface area contributed by atoms with Crippen molar-refractivity contribution in [3.63, 3.8) is 0 Å². The molecule has 60 valence electrons. The Morgan fingerprint density at radius 2 is 2.09 bits per heavy atom. The van der Waals surface area contributed by atoms with Crippen LogP contribution in [0, 0.1) is 0 Å². The van der Waals surface area contributed by atoms with Crippen LogP contribution in [0.4, 0.5) is 0 Å². The maximum Gasteiger partial charge on any atom is 1.00 e. The van der Waals surface area contributed by atoms with E-state index in [1.165, 1.54) is 0 Å². The van der Waals surface area contributed by atoms with Gasteiger partial charge in [0, 0.05) is 6.04 Å². The van der Waals surface area contributed by atoms with Crippen molar-refractivity contribution in [3.8, 4) is 0 Å². The average molecular weight is 167 g/mol. The monoisotopic (exact) mass is 167 g/mol. The van der Waals surface area contributed by atoms with E-state index in [4.69, 9.17) is 5.73 Å². The molecule has 0 aliphatic heterocycles. The van der Waals surface area contributed by atoms with Crippen molar-refractivity contribution in [2.24, 2.45) is 5.73 Å². The molecule has 0 saturated heterocycles. The zero-order valence-electron chi connectivity index (χ0n) is 7.30. The van der Waals surface area contributed by atoms with Crippen LogP contribution < -0.4 is 40.4 Å². The van der Waals surface area contributed by atoms with E-state index < -0.39 is 12.0 Å². The van der Waals surface area contributed by atoms with Gasteiger partial charge in [0.25, 0.3) is 0 Å². The molecule has 11 heavy (non-hydrogen) atoms. The van der Waals surface area contributed by atoms with Crippen LogP contribution in [0.2, 0.25) is 0 Å². The molecule has 0 aliphatic carbocycles. The molecule has 0 saturated carbocycles. The van der Waals surface area contributed by atoms with Gasteiger partial charge in [0.2, 0.25) is 0 Å². The number of rotatable bonds is 5.